The maximum Gasteiger partial charge on any atom is 0.193 e. The molecule has 32 heavy (non-hydrogen) atoms. The molecule has 0 bridgehead atoms. The van der Waals surface area contributed by atoms with Crippen molar-refractivity contribution in [2.24, 2.45) is 10.9 Å². The first kappa shape index (κ1) is 26.8. The van der Waals surface area contributed by atoms with Crippen LogP contribution in [0.4, 0.5) is 4.39 Å². The van der Waals surface area contributed by atoms with E-state index in [-0.39, 0.29) is 35.5 Å². The fourth-order valence-corrected chi connectivity index (χ4v) is 4.48. The molecule has 1 aromatic carbocycles. The number of hydrogen-bond acceptors (Lipinski definition) is 5. The van der Waals surface area contributed by atoms with E-state index < -0.39 is 0 Å². The van der Waals surface area contributed by atoms with Crippen molar-refractivity contribution in [2.45, 2.75) is 32.7 Å². The third kappa shape index (κ3) is 8.15. The molecule has 178 valence electrons. The number of guanidine groups is 1. The first-order valence-electron chi connectivity index (χ1n) is 11.0. The number of piperidine rings is 1. The van der Waals surface area contributed by atoms with Crippen LogP contribution < -0.4 is 10.1 Å². The SMILES string of the molecule is CCc1nc(CN2CCC(CNC(=NC)N(C)CCOc3ccccc3F)CC2)cs1.I. The molecule has 1 aliphatic rings. The van der Waals surface area contributed by atoms with Crippen LogP contribution in [0.15, 0.2) is 34.6 Å². The van der Waals surface area contributed by atoms with E-state index in [1.807, 2.05) is 11.9 Å². The Bertz CT molecular complexity index is 841. The Balaban J connectivity index is 0.00000363. The molecule has 1 saturated heterocycles. The summed E-state index contributed by atoms with van der Waals surface area (Å²) in [7, 11) is 3.76. The lowest BCUT2D eigenvalue weighted by Gasteiger charge is -2.32. The summed E-state index contributed by atoms with van der Waals surface area (Å²) in [4.78, 5) is 13.6. The van der Waals surface area contributed by atoms with Gasteiger partial charge in [-0.3, -0.25) is 9.89 Å². The minimum Gasteiger partial charge on any atom is -0.489 e. The van der Waals surface area contributed by atoms with E-state index in [1.54, 1.807) is 36.6 Å². The molecule has 1 aliphatic heterocycles. The number of nitrogens with one attached hydrogen (secondary N) is 1. The summed E-state index contributed by atoms with van der Waals surface area (Å²) in [6, 6.07) is 6.48. The third-order valence-electron chi connectivity index (χ3n) is 5.64. The molecule has 1 fully saturated rings. The number of aromatic nitrogens is 1. The molecule has 3 rings (SSSR count). The lowest BCUT2D eigenvalue weighted by atomic mass is 9.97. The Hall–Kier alpha value is -1.46. The highest BCUT2D eigenvalue weighted by atomic mass is 127. The van der Waals surface area contributed by atoms with Crippen molar-refractivity contribution < 1.29 is 9.13 Å². The number of ether oxygens (including phenoxy) is 1. The highest BCUT2D eigenvalue weighted by Crippen LogP contribution is 2.20. The number of aliphatic imine (C=N–C) groups is 1. The van der Waals surface area contributed by atoms with Crippen LogP contribution in [-0.2, 0) is 13.0 Å². The summed E-state index contributed by atoms with van der Waals surface area (Å²) in [6.07, 6.45) is 3.37. The Morgan fingerprint density at radius 1 is 1.34 bits per heavy atom. The van der Waals surface area contributed by atoms with Gasteiger partial charge >= 0.3 is 0 Å². The minimum atomic E-state index is -0.334. The van der Waals surface area contributed by atoms with Gasteiger partial charge in [0.1, 0.15) is 6.61 Å². The number of halogens is 2. The van der Waals surface area contributed by atoms with Gasteiger partial charge in [-0.1, -0.05) is 19.1 Å². The zero-order valence-corrected chi connectivity index (χ0v) is 22.4. The maximum absolute atomic E-state index is 13.7. The van der Waals surface area contributed by atoms with Gasteiger partial charge in [0.2, 0.25) is 0 Å². The van der Waals surface area contributed by atoms with Crippen molar-refractivity contribution in [3.8, 4) is 5.75 Å². The van der Waals surface area contributed by atoms with Crippen LogP contribution in [0.1, 0.15) is 30.5 Å². The maximum atomic E-state index is 13.7. The van der Waals surface area contributed by atoms with Gasteiger partial charge < -0.3 is 15.0 Å². The predicted octanol–water partition coefficient (Wildman–Crippen LogP) is 4.26. The van der Waals surface area contributed by atoms with Crippen molar-refractivity contribution in [1.29, 1.82) is 0 Å². The third-order valence-corrected chi connectivity index (χ3v) is 6.68. The molecule has 0 amide bonds. The average Bonchev–Trinajstić information content (AvgIpc) is 3.24. The number of nitrogens with zero attached hydrogens (tertiary/aromatic N) is 4. The van der Waals surface area contributed by atoms with E-state index in [0.29, 0.717) is 19.1 Å². The van der Waals surface area contributed by atoms with Gasteiger partial charge in [0.25, 0.3) is 0 Å². The number of rotatable bonds is 9. The molecule has 2 aromatic rings. The van der Waals surface area contributed by atoms with Crippen molar-refractivity contribution in [3.63, 3.8) is 0 Å². The fourth-order valence-electron chi connectivity index (χ4n) is 3.74. The van der Waals surface area contributed by atoms with E-state index in [4.69, 9.17) is 9.72 Å². The van der Waals surface area contributed by atoms with E-state index in [2.05, 4.69) is 27.5 Å². The van der Waals surface area contributed by atoms with Gasteiger partial charge in [-0.15, -0.1) is 35.3 Å². The first-order valence-corrected chi connectivity index (χ1v) is 11.9. The van der Waals surface area contributed by atoms with Crippen molar-refractivity contribution in [1.82, 2.24) is 20.1 Å². The number of para-hydroxylation sites is 1. The minimum absolute atomic E-state index is 0. The molecule has 0 spiro atoms. The summed E-state index contributed by atoms with van der Waals surface area (Å²) < 4.78 is 19.2. The highest BCUT2D eigenvalue weighted by molar-refractivity contribution is 14.0. The van der Waals surface area contributed by atoms with E-state index >= 15 is 0 Å². The van der Waals surface area contributed by atoms with Crippen LogP contribution in [0, 0.1) is 11.7 Å². The number of likely N-dealkylation sites (N-methyl/N-ethyl adjacent to an activating group) is 1. The van der Waals surface area contributed by atoms with Crippen molar-refractivity contribution in [2.75, 3.05) is 46.9 Å². The van der Waals surface area contributed by atoms with Crippen LogP contribution >= 0.6 is 35.3 Å². The Morgan fingerprint density at radius 2 is 2.09 bits per heavy atom. The summed E-state index contributed by atoms with van der Waals surface area (Å²) in [5.41, 5.74) is 1.21. The van der Waals surface area contributed by atoms with Gasteiger partial charge in [0, 0.05) is 32.6 Å². The number of aryl methyl sites for hydroxylation is 1. The molecule has 1 N–H and O–H groups in total. The van der Waals surface area contributed by atoms with Gasteiger partial charge in [0.15, 0.2) is 17.5 Å². The smallest absolute Gasteiger partial charge is 0.193 e. The van der Waals surface area contributed by atoms with Crippen LogP contribution in [0.5, 0.6) is 5.75 Å². The van der Waals surface area contributed by atoms with E-state index in [0.717, 1.165) is 38.6 Å². The summed E-state index contributed by atoms with van der Waals surface area (Å²) in [5.74, 6) is 1.43. The van der Waals surface area contributed by atoms with Crippen LogP contribution in [0.25, 0.3) is 0 Å². The standard InChI is InChI=1S/C23H34FN5OS.HI/c1-4-22-27-19(17-31-22)16-29-11-9-18(10-12-29)15-26-23(25-2)28(3)13-14-30-21-8-6-5-7-20(21)24;/h5-8,17-18H,4,9-16H2,1-3H3,(H,25,26);1H. The molecule has 0 unspecified atom stereocenters. The monoisotopic (exact) mass is 575 g/mol. The second-order valence-electron chi connectivity index (χ2n) is 7.93. The molecule has 2 heterocycles. The summed E-state index contributed by atoms with van der Waals surface area (Å²) in [6.45, 7) is 7.26. The molecular formula is C23H35FIN5OS. The lowest BCUT2D eigenvalue weighted by Crippen LogP contribution is -2.44. The molecule has 0 aliphatic carbocycles. The highest BCUT2D eigenvalue weighted by Gasteiger charge is 2.20. The van der Waals surface area contributed by atoms with Crippen LogP contribution in [0.2, 0.25) is 0 Å². The molecule has 6 nitrogen and oxygen atoms in total. The Morgan fingerprint density at radius 3 is 2.75 bits per heavy atom. The van der Waals surface area contributed by atoms with E-state index in [9.17, 15) is 4.39 Å². The normalized spacial score (nSPS) is 15.3. The zero-order valence-electron chi connectivity index (χ0n) is 19.2. The van der Waals surface area contributed by atoms with Gasteiger partial charge in [-0.2, -0.15) is 0 Å². The number of benzene rings is 1. The summed E-state index contributed by atoms with van der Waals surface area (Å²) in [5, 5.41) is 6.91. The largest absolute Gasteiger partial charge is 0.489 e. The zero-order chi connectivity index (χ0) is 22.1. The quantitative estimate of drug-likeness (QED) is 0.275. The van der Waals surface area contributed by atoms with Gasteiger partial charge in [-0.25, -0.2) is 9.37 Å². The fraction of sp³-hybridized carbons (Fsp3) is 0.565. The van der Waals surface area contributed by atoms with Crippen molar-refractivity contribution in [3.05, 3.63) is 46.2 Å². The summed E-state index contributed by atoms with van der Waals surface area (Å²) >= 11 is 1.77. The number of hydrogen-bond donors (Lipinski definition) is 1. The van der Waals surface area contributed by atoms with Crippen LogP contribution in [0.3, 0.4) is 0 Å². The van der Waals surface area contributed by atoms with Crippen molar-refractivity contribution >= 4 is 41.3 Å². The molecule has 0 saturated carbocycles. The topological polar surface area (TPSA) is 53.0 Å². The molecule has 0 radical (unpaired) electrons. The number of thiazole rings is 1. The predicted molar refractivity (Wildman–Crippen MR) is 141 cm³/mol. The van der Waals surface area contributed by atoms with Crippen LogP contribution in [-0.4, -0.2) is 67.6 Å². The molecule has 1 aromatic heterocycles. The molecule has 0 atom stereocenters. The average molecular weight is 576 g/mol. The Kier molecular flexibility index (Phi) is 11.7. The van der Waals surface area contributed by atoms with Gasteiger partial charge in [-0.05, 0) is 50.4 Å². The second-order valence-corrected chi connectivity index (χ2v) is 8.88. The number of likely N-dealkylation sites (tertiary alicyclic amines) is 1. The molecular weight excluding hydrogens is 540 g/mol. The van der Waals surface area contributed by atoms with E-state index in [1.165, 1.54) is 29.6 Å². The van der Waals surface area contributed by atoms with Gasteiger partial charge in [0.05, 0.1) is 17.2 Å². The Labute approximate surface area is 212 Å². The lowest BCUT2D eigenvalue weighted by molar-refractivity contribution is 0.176. The second kappa shape index (κ2) is 13.9. The molecule has 9 heteroatoms. The first-order chi connectivity index (χ1) is 15.1.